The number of ketones is 2. The van der Waals surface area contributed by atoms with Crippen molar-refractivity contribution in [2.24, 2.45) is 34.5 Å². The van der Waals surface area contributed by atoms with Crippen LogP contribution >= 0.6 is 0 Å². The second-order valence-corrected chi connectivity index (χ2v) is 11.2. The normalized spacial score (nSPS) is 51.5. The van der Waals surface area contributed by atoms with Crippen molar-refractivity contribution < 1.29 is 33.7 Å². The quantitative estimate of drug-likeness (QED) is 0.657. The topological polar surface area (TPSA) is 101 Å². The molecule has 0 aliphatic heterocycles. The molecule has 6 nitrogen and oxygen atoms in total. The van der Waals surface area contributed by atoms with Crippen molar-refractivity contribution in [3.63, 3.8) is 0 Å². The molecule has 0 aromatic rings. The highest BCUT2D eigenvalue weighted by Crippen LogP contribution is 2.71. The van der Waals surface area contributed by atoms with E-state index in [0.29, 0.717) is 38.5 Å². The summed E-state index contributed by atoms with van der Waals surface area (Å²) in [5, 5.41) is 23.0. The van der Waals surface area contributed by atoms with Gasteiger partial charge in [-0.05, 0) is 55.8 Å². The summed E-state index contributed by atoms with van der Waals surface area (Å²) in [5.41, 5.74) is -5.46. The third-order valence-electron chi connectivity index (χ3n) is 9.97. The monoisotopic (exact) mass is 438 g/mol. The summed E-state index contributed by atoms with van der Waals surface area (Å²) in [6.45, 7) is 6.14. The Morgan fingerprint density at radius 2 is 1.87 bits per heavy atom. The fourth-order valence-corrected chi connectivity index (χ4v) is 8.26. The standard InChI is InChI=1S/C24H35FO6/c1-13-9-18-17-6-5-15-10-16(27)7-8-21(15,3)23(17,25)19(28)11-22(18,4)24(13,30)20(29)12-31-14(2)26/h13,15,17-19,28,30H,5-12H2,1-4H3/t13-,15-,17-,18-,19-,21-,22-,23+,24-/m0/s1. The van der Waals surface area contributed by atoms with Gasteiger partial charge in [-0.3, -0.25) is 14.4 Å². The first kappa shape index (κ1) is 22.8. The predicted octanol–water partition coefficient (Wildman–Crippen LogP) is 2.77. The van der Waals surface area contributed by atoms with Crippen molar-refractivity contribution in [3.05, 3.63) is 0 Å². The highest BCUT2D eigenvalue weighted by Gasteiger charge is 2.76. The molecule has 31 heavy (non-hydrogen) atoms. The minimum absolute atomic E-state index is 0.0342. The van der Waals surface area contributed by atoms with E-state index in [4.69, 9.17) is 4.74 Å². The average molecular weight is 439 g/mol. The van der Waals surface area contributed by atoms with Gasteiger partial charge in [-0.25, -0.2) is 4.39 Å². The molecule has 0 unspecified atom stereocenters. The summed E-state index contributed by atoms with van der Waals surface area (Å²) < 4.78 is 22.0. The summed E-state index contributed by atoms with van der Waals surface area (Å²) >= 11 is 0. The highest BCUT2D eigenvalue weighted by atomic mass is 19.1. The van der Waals surface area contributed by atoms with Gasteiger partial charge in [0.2, 0.25) is 5.78 Å². The Morgan fingerprint density at radius 1 is 1.19 bits per heavy atom. The van der Waals surface area contributed by atoms with Gasteiger partial charge in [0, 0.05) is 30.6 Å². The summed E-state index contributed by atoms with van der Waals surface area (Å²) in [7, 11) is 0. The Morgan fingerprint density at radius 3 is 2.52 bits per heavy atom. The van der Waals surface area contributed by atoms with Gasteiger partial charge < -0.3 is 14.9 Å². The van der Waals surface area contributed by atoms with Crippen LogP contribution in [0.5, 0.6) is 0 Å². The summed E-state index contributed by atoms with van der Waals surface area (Å²) in [6, 6.07) is 0. The number of carbonyl (C=O) groups is 3. The zero-order chi connectivity index (χ0) is 23.0. The molecule has 4 fully saturated rings. The minimum Gasteiger partial charge on any atom is -0.458 e. The number of esters is 1. The van der Waals surface area contributed by atoms with Crippen LogP contribution in [0.15, 0.2) is 0 Å². The van der Waals surface area contributed by atoms with Crippen molar-refractivity contribution in [2.45, 2.75) is 90.0 Å². The van der Waals surface area contributed by atoms with Crippen molar-refractivity contribution >= 4 is 17.5 Å². The zero-order valence-corrected chi connectivity index (χ0v) is 18.9. The van der Waals surface area contributed by atoms with Crippen LogP contribution in [0.4, 0.5) is 4.39 Å². The van der Waals surface area contributed by atoms with Crippen LogP contribution in [0.25, 0.3) is 0 Å². The average Bonchev–Trinajstić information content (AvgIpc) is 2.89. The van der Waals surface area contributed by atoms with E-state index in [2.05, 4.69) is 0 Å². The fourth-order valence-electron chi connectivity index (χ4n) is 8.26. The summed E-state index contributed by atoms with van der Waals surface area (Å²) in [4.78, 5) is 36.4. The molecule has 4 rings (SSSR count). The Hall–Kier alpha value is -1.34. The number of fused-ring (bicyclic) bond motifs is 5. The number of Topliss-reactive ketones (excluding diaryl/α,β-unsaturated/α-hetero) is 2. The Balaban J connectivity index is 1.72. The van der Waals surface area contributed by atoms with Gasteiger partial charge in [0.05, 0.1) is 6.10 Å². The van der Waals surface area contributed by atoms with Crippen LogP contribution in [-0.2, 0) is 19.1 Å². The van der Waals surface area contributed by atoms with Gasteiger partial charge in [-0.15, -0.1) is 0 Å². The smallest absolute Gasteiger partial charge is 0.303 e. The predicted molar refractivity (Wildman–Crippen MR) is 110 cm³/mol. The van der Waals surface area contributed by atoms with Crippen LogP contribution in [0.3, 0.4) is 0 Å². The molecule has 0 aromatic heterocycles. The number of ether oxygens (including phenoxy) is 1. The number of alkyl halides is 1. The van der Waals surface area contributed by atoms with Gasteiger partial charge in [0.1, 0.15) is 17.1 Å². The number of aliphatic hydroxyl groups excluding tert-OH is 1. The lowest BCUT2D eigenvalue weighted by Crippen LogP contribution is -2.71. The highest BCUT2D eigenvalue weighted by molar-refractivity contribution is 5.91. The number of rotatable bonds is 3. The number of aliphatic hydroxyl groups is 2. The first-order chi connectivity index (χ1) is 14.3. The van der Waals surface area contributed by atoms with E-state index in [-0.39, 0.29) is 24.0 Å². The molecule has 174 valence electrons. The van der Waals surface area contributed by atoms with Crippen LogP contribution in [0.1, 0.15) is 72.6 Å². The van der Waals surface area contributed by atoms with E-state index >= 15 is 4.39 Å². The summed E-state index contributed by atoms with van der Waals surface area (Å²) in [6.07, 6.45) is 1.48. The van der Waals surface area contributed by atoms with Crippen molar-refractivity contribution in [3.8, 4) is 0 Å². The van der Waals surface area contributed by atoms with E-state index in [1.165, 1.54) is 6.92 Å². The van der Waals surface area contributed by atoms with Gasteiger partial charge in [-0.1, -0.05) is 20.8 Å². The largest absolute Gasteiger partial charge is 0.458 e. The molecule has 0 amide bonds. The molecule has 4 aliphatic rings. The molecule has 0 aromatic carbocycles. The SMILES string of the molecule is CC(=O)OCC(=O)[C@@]1(O)[C@@H](C)C[C@H]2[C@@H]3CC[C@H]4CC(=O)CC[C@]4(C)[C@]3(F)[C@@H](O)C[C@@]21C. The minimum atomic E-state index is -1.86. The van der Waals surface area contributed by atoms with Crippen LogP contribution in [-0.4, -0.2) is 51.7 Å². The van der Waals surface area contributed by atoms with E-state index in [9.17, 15) is 24.6 Å². The molecule has 0 bridgehead atoms. The van der Waals surface area contributed by atoms with Gasteiger partial charge in [0.25, 0.3) is 0 Å². The molecule has 7 heteroatoms. The third-order valence-corrected chi connectivity index (χ3v) is 9.97. The van der Waals surface area contributed by atoms with Crippen LogP contribution < -0.4 is 0 Å². The zero-order valence-electron chi connectivity index (χ0n) is 18.9. The molecule has 0 spiro atoms. The maximum Gasteiger partial charge on any atom is 0.303 e. The Bertz CT molecular complexity index is 814. The van der Waals surface area contributed by atoms with E-state index < -0.39 is 58.4 Å². The lowest BCUT2D eigenvalue weighted by Gasteiger charge is -2.65. The number of hydrogen-bond acceptors (Lipinski definition) is 6. The molecule has 9 atom stereocenters. The number of hydrogen-bond donors (Lipinski definition) is 2. The van der Waals surface area contributed by atoms with Crippen molar-refractivity contribution in [1.29, 1.82) is 0 Å². The molecule has 4 aliphatic carbocycles. The molecule has 0 heterocycles. The Labute approximate surface area is 182 Å². The van der Waals surface area contributed by atoms with Crippen LogP contribution in [0, 0.1) is 34.5 Å². The fraction of sp³-hybridized carbons (Fsp3) is 0.875. The Kier molecular flexibility index (Phi) is 5.21. The molecule has 2 N–H and O–H groups in total. The maximum atomic E-state index is 17.1. The number of carbonyl (C=O) groups excluding carboxylic acids is 3. The molecular formula is C24H35FO6. The van der Waals surface area contributed by atoms with E-state index in [1.54, 1.807) is 13.8 Å². The third kappa shape index (κ3) is 2.78. The van der Waals surface area contributed by atoms with Gasteiger partial charge >= 0.3 is 5.97 Å². The lowest BCUT2D eigenvalue weighted by atomic mass is 9.42. The molecular weight excluding hydrogens is 403 g/mol. The molecule has 4 saturated carbocycles. The van der Waals surface area contributed by atoms with Crippen molar-refractivity contribution in [1.82, 2.24) is 0 Å². The number of halogens is 1. The second-order valence-electron chi connectivity index (χ2n) is 11.2. The lowest BCUT2D eigenvalue weighted by molar-refractivity contribution is -0.255. The van der Waals surface area contributed by atoms with E-state index in [1.807, 2.05) is 6.92 Å². The van der Waals surface area contributed by atoms with Crippen molar-refractivity contribution in [2.75, 3.05) is 6.61 Å². The molecule has 0 radical (unpaired) electrons. The first-order valence-corrected chi connectivity index (χ1v) is 11.6. The molecule has 0 saturated heterocycles. The summed E-state index contributed by atoms with van der Waals surface area (Å²) in [5.74, 6) is -2.32. The first-order valence-electron chi connectivity index (χ1n) is 11.6. The second kappa shape index (κ2) is 7.08. The maximum absolute atomic E-state index is 17.1. The van der Waals surface area contributed by atoms with E-state index in [0.717, 1.165) is 0 Å². The van der Waals surface area contributed by atoms with Crippen LogP contribution in [0.2, 0.25) is 0 Å². The van der Waals surface area contributed by atoms with Gasteiger partial charge in [0.15, 0.2) is 6.61 Å². The van der Waals surface area contributed by atoms with Gasteiger partial charge in [-0.2, -0.15) is 0 Å².